The van der Waals surface area contributed by atoms with E-state index in [0.717, 1.165) is 38.7 Å². The lowest BCUT2D eigenvalue weighted by Gasteiger charge is -2.06. The highest BCUT2D eigenvalue weighted by atomic mass is 127. The number of halogens is 6. The summed E-state index contributed by atoms with van der Waals surface area (Å²) in [7, 11) is -2.49. The van der Waals surface area contributed by atoms with Crippen molar-refractivity contribution in [1.29, 1.82) is 0 Å². The summed E-state index contributed by atoms with van der Waals surface area (Å²) < 4.78 is 8.23. The standard InChI is InChI=1S/C9H12ClN3Si.C9H10ClN3.C9H10IN3.C9H11N3.C6H4ClN3.C5H10Si.C4H3BrClN3/c1-14(2,3)5-4-7-6-8(10)12-13-9(7)11;1-6(2)13-4-3-7-5-8(10)11-12-9(7)13;1-6(2)13-5-8(10)7-3-4-11-12-9(7)13;1-7(2)12-6-4-8-3-5-10-11-9(8)12;7-5-3-4-1-2-8-6(4)10-9-5;1-5-6(2,3)4;5-2-1-3(6)8-9-4(2)7/h6H,1-3H3,(H2,11,13);2*3-6H,1-2H3;3-7H,1-2H3;1-3H,(H,8,10);1H,2-4H3;1H,(H2,7,9). The van der Waals surface area contributed by atoms with Gasteiger partial charge in [-0.3, -0.25) is 0 Å². The third-order valence-corrected chi connectivity index (χ3v) is 13.7. The number of aromatic amines is 1. The number of anilines is 2. The molecule has 26 heteroatoms. The number of hydrogen-bond acceptors (Lipinski definition) is 14. The lowest BCUT2D eigenvalue weighted by Crippen LogP contribution is -2.16. The molecule has 10 heterocycles. The molecule has 0 saturated heterocycles. The number of nitrogens with one attached hydrogen (secondary N) is 1. The monoisotopic (exact) mass is 1330 g/mol. The number of terminal acetylenes is 1. The van der Waals surface area contributed by atoms with Gasteiger partial charge < -0.3 is 30.2 Å². The number of nitrogen functional groups attached to an aromatic ring is 2. The molecule has 10 aromatic rings. The zero-order valence-electron chi connectivity index (χ0n) is 44.6. The first-order chi connectivity index (χ1) is 36.2. The Bertz CT molecular complexity index is 3610. The SMILES string of the molecule is C#C[Si](C)(C)C.CC(C)n1cc(I)c2ccnnc21.CC(C)n1ccc2cc(Cl)nnc21.CC(C)n1ccc2ccnnc21.C[Si](C)(C)C#Cc1cc(Cl)nnc1N.Clc1cc2cc[nH]c2nn1.Nc1nnc(Cl)cc1Br. The van der Waals surface area contributed by atoms with Gasteiger partial charge in [0.1, 0.15) is 16.1 Å². The second-order valence-electron chi connectivity index (χ2n) is 19.3. The van der Waals surface area contributed by atoms with E-state index in [0.29, 0.717) is 60.4 Å². The van der Waals surface area contributed by atoms with Crippen LogP contribution in [0.2, 0.25) is 59.9 Å². The van der Waals surface area contributed by atoms with E-state index in [-0.39, 0.29) is 0 Å². The van der Waals surface area contributed by atoms with Gasteiger partial charge in [-0.1, -0.05) is 91.6 Å². The van der Waals surface area contributed by atoms with Crippen molar-refractivity contribution in [1.82, 2.24) is 79.9 Å². The van der Waals surface area contributed by atoms with Crippen LogP contribution in [0.25, 0.3) is 44.1 Å². The van der Waals surface area contributed by atoms with Crippen molar-refractivity contribution in [3.63, 3.8) is 0 Å². The normalized spacial score (nSPS) is 10.8. The highest BCUT2D eigenvalue weighted by molar-refractivity contribution is 14.1. The Morgan fingerprint density at radius 2 is 1.08 bits per heavy atom. The van der Waals surface area contributed by atoms with Gasteiger partial charge in [0, 0.05) is 68.0 Å². The molecule has 0 amide bonds. The molecular weight excluding hydrogens is 1270 g/mol. The fraction of sp³-hybridized carbons (Fsp3) is 0.294. The highest BCUT2D eigenvalue weighted by Gasteiger charge is 2.11. The van der Waals surface area contributed by atoms with Gasteiger partial charge in [0.15, 0.2) is 54.8 Å². The molecule has 0 bridgehead atoms. The lowest BCUT2D eigenvalue weighted by molar-refractivity contribution is 0.614. The number of nitrogens with zero attached hydrogens (tertiary/aromatic N) is 15. The molecule has 77 heavy (non-hydrogen) atoms. The summed E-state index contributed by atoms with van der Waals surface area (Å²) in [4.78, 5) is 2.91. The number of fused-ring (bicyclic) bond motifs is 4. The Hall–Kier alpha value is -5.84. The molecule has 0 aliphatic rings. The second kappa shape index (κ2) is 29.8. The van der Waals surface area contributed by atoms with E-state index in [1.165, 1.54) is 8.96 Å². The molecule has 18 nitrogen and oxygen atoms in total. The third kappa shape index (κ3) is 20.8. The van der Waals surface area contributed by atoms with E-state index < -0.39 is 16.1 Å². The molecule has 0 radical (unpaired) electrons. The van der Waals surface area contributed by atoms with E-state index >= 15 is 0 Å². The first-order valence-corrected chi connectivity index (χ1v) is 34.0. The van der Waals surface area contributed by atoms with Crippen molar-refractivity contribution < 1.29 is 0 Å². The van der Waals surface area contributed by atoms with Gasteiger partial charge in [-0.15, -0.1) is 68.5 Å². The second-order valence-corrected chi connectivity index (χ2v) is 32.4. The molecule has 0 unspecified atom stereocenters. The van der Waals surface area contributed by atoms with Gasteiger partial charge in [0.2, 0.25) is 0 Å². The van der Waals surface area contributed by atoms with Crippen LogP contribution in [0.1, 0.15) is 65.2 Å². The lowest BCUT2D eigenvalue weighted by atomic mass is 10.3. The molecule has 0 aromatic carbocycles. The molecule has 0 aliphatic carbocycles. The van der Waals surface area contributed by atoms with Crippen LogP contribution >= 0.6 is 84.9 Å². The van der Waals surface area contributed by atoms with E-state index in [2.05, 4.69) is 228 Å². The summed E-state index contributed by atoms with van der Waals surface area (Å²) in [5.41, 5.74) is 21.1. The Morgan fingerprint density at radius 1 is 0.584 bits per heavy atom. The Morgan fingerprint density at radius 3 is 1.64 bits per heavy atom. The molecule has 0 spiro atoms. The van der Waals surface area contributed by atoms with Crippen molar-refractivity contribution in [2.45, 2.75) is 99.0 Å². The van der Waals surface area contributed by atoms with Crippen molar-refractivity contribution in [3.8, 4) is 23.4 Å². The van der Waals surface area contributed by atoms with E-state index in [1.54, 1.807) is 36.8 Å². The van der Waals surface area contributed by atoms with E-state index in [9.17, 15) is 0 Å². The predicted octanol–water partition coefficient (Wildman–Crippen LogP) is 13.8. The third-order valence-electron chi connectivity index (χ3n) is 9.77. The van der Waals surface area contributed by atoms with Crippen molar-refractivity contribution in [3.05, 3.63) is 126 Å². The van der Waals surface area contributed by atoms with Crippen molar-refractivity contribution in [2.75, 3.05) is 11.5 Å². The number of hydrogen-bond donors (Lipinski definition) is 3. The fourth-order valence-corrected chi connectivity index (χ4v) is 8.19. The minimum absolute atomic E-state index is 0.319. The van der Waals surface area contributed by atoms with Crippen LogP contribution in [0.5, 0.6) is 0 Å². The van der Waals surface area contributed by atoms with Crippen LogP contribution in [0.4, 0.5) is 11.6 Å². The number of nitrogens with two attached hydrogens (primary N) is 2. The summed E-state index contributed by atoms with van der Waals surface area (Å²) in [6.45, 7) is 25.7. The summed E-state index contributed by atoms with van der Waals surface area (Å²) >= 11 is 27.9. The largest absolute Gasteiger partial charge is 0.381 e. The fourth-order valence-electron chi connectivity index (χ4n) is 5.93. The van der Waals surface area contributed by atoms with Gasteiger partial charge in [0.05, 0.1) is 22.4 Å². The minimum atomic E-state index is -1.39. The number of rotatable bonds is 3. The topological polar surface area (TPSA) is 237 Å². The van der Waals surface area contributed by atoms with E-state index in [4.69, 9.17) is 64.3 Å². The summed E-state index contributed by atoms with van der Waals surface area (Å²) in [6, 6.07) is 18.0. The zero-order chi connectivity index (χ0) is 57.2. The first kappa shape index (κ1) is 63.7. The molecule has 404 valence electrons. The highest BCUT2D eigenvalue weighted by Crippen LogP contribution is 2.24. The van der Waals surface area contributed by atoms with Crippen LogP contribution < -0.4 is 11.5 Å². The zero-order valence-corrected chi connectivity index (χ0v) is 53.4. The van der Waals surface area contributed by atoms with Gasteiger partial charge in [-0.25, -0.2) is 0 Å². The van der Waals surface area contributed by atoms with Crippen LogP contribution in [-0.2, 0) is 0 Å². The first-order valence-electron chi connectivity index (χ1n) is 23.6. The van der Waals surface area contributed by atoms with Crippen LogP contribution in [0, 0.1) is 27.0 Å². The molecule has 0 aliphatic heterocycles. The van der Waals surface area contributed by atoms with Crippen molar-refractivity contribution >= 4 is 157 Å². The van der Waals surface area contributed by atoms with E-state index in [1.807, 2.05) is 42.7 Å². The predicted molar refractivity (Wildman–Crippen MR) is 333 cm³/mol. The van der Waals surface area contributed by atoms with Crippen LogP contribution in [-0.4, -0.2) is 96.0 Å². The van der Waals surface area contributed by atoms with Crippen LogP contribution in [0.15, 0.2) is 96.3 Å². The minimum Gasteiger partial charge on any atom is -0.381 e. The Labute approximate surface area is 492 Å². The molecule has 5 N–H and O–H groups in total. The number of aromatic nitrogens is 16. The molecule has 10 aromatic heterocycles. The van der Waals surface area contributed by atoms with Crippen molar-refractivity contribution in [2.24, 2.45) is 0 Å². The quantitative estimate of drug-likeness (QED) is 0.0848. The van der Waals surface area contributed by atoms with Gasteiger partial charge >= 0.3 is 0 Å². The molecule has 0 saturated carbocycles. The maximum absolute atomic E-state index is 5.72. The molecule has 10 rings (SSSR count). The van der Waals surface area contributed by atoms with Gasteiger partial charge in [-0.05, 0) is 135 Å². The van der Waals surface area contributed by atoms with Gasteiger partial charge in [-0.2, -0.15) is 10.2 Å². The molecule has 0 fully saturated rings. The summed E-state index contributed by atoms with van der Waals surface area (Å²) in [6.07, 6.45) is 16.5. The van der Waals surface area contributed by atoms with Gasteiger partial charge in [0.25, 0.3) is 0 Å². The summed E-state index contributed by atoms with van der Waals surface area (Å²) in [5.74, 6) is 3.67. The summed E-state index contributed by atoms with van der Waals surface area (Å²) in [5, 5.41) is 51.5. The van der Waals surface area contributed by atoms with Crippen LogP contribution in [0.3, 0.4) is 0 Å². The average Bonchev–Trinajstić information content (AvgIpc) is 4.19. The maximum atomic E-state index is 5.72. The molecule has 0 atom stereocenters. The average molecular weight is 1330 g/mol. The number of H-pyrrole nitrogens is 1. The molecular formula is C51H60BrCl4IN18Si2. The Balaban J connectivity index is 0.000000196. The Kier molecular flexibility index (Phi) is 24.6. The smallest absolute Gasteiger partial charge is 0.163 e. The maximum Gasteiger partial charge on any atom is 0.163 e.